The van der Waals surface area contributed by atoms with Crippen LogP contribution in [0.5, 0.6) is 5.75 Å². The van der Waals surface area contributed by atoms with Crippen molar-refractivity contribution in [3.05, 3.63) is 22.7 Å². The number of ether oxygens (including phenoxy) is 1. The lowest BCUT2D eigenvalue weighted by molar-refractivity contribution is 0.413. The molecule has 14 heavy (non-hydrogen) atoms. The van der Waals surface area contributed by atoms with E-state index in [-0.39, 0.29) is 15.7 Å². The summed E-state index contributed by atoms with van der Waals surface area (Å²) in [5.74, 6) is 0.288. The molecule has 0 spiro atoms. The fourth-order valence-electron chi connectivity index (χ4n) is 1.09. The van der Waals surface area contributed by atoms with E-state index in [0.717, 1.165) is 0 Å². The predicted octanol–water partition coefficient (Wildman–Crippen LogP) is 2.58. The Kier molecular flexibility index (Phi) is 3.29. The summed E-state index contributed by atoms with van der Waals surface area (Å²) in [6, 6.07) is 3.17. The second-order valence-electron chi connectivity index (χ2n) is 2.67. The number of halogens is 2. The van der Waals surface area contributed by atoms with Gasteiger partial charge in [-0.2, -0.15) is 0 Å². The molecule has 78 valence electrons. The fourth-order valence-corrected chi connectivity index (χ4v) is 3.17. The first-order chi connectivity index (χ1) is 6.38. The minimum atomic E-state index is -3.84. The molecule has 1 rings (SSSR count). The van der Waals surface area contributed by atoms with Crippen molar-refractivity contribution in [2.45, 2.75) is 11.8 Å². The molecular formula is C8H8Cl2O3S. The van der Waals surface area contributed by atoms with Gasteiger partial charge in [0.15, 0.2) is 0 Å². The summed E-state index contributed by atoms with van der Waals surface area (Å²) in [6.45, 7) is 1.61. The fraction of sp³-hybridized carbons (Fsp3) is 0.250. The van der Waals surface area contributed by atoms with Gasteiger partial charge in [-0.05, 0) is 18.6 Å². The monoisotopic (exact) mass is 254 g/mol. The highest BCUT2D eigenvalue weighted by molar-refractivity contribution is 8.13. The van der Waals surface area contributed by atoms with Crippen LogP contribution in [0, 0.1) is 6.92 Å². The lowest BCUT2D eigenvalue weighted by Gasteiger charge is -2.08. The summed E-state index contributed by atoms with van der Waals surface area (Å²) in [5, 5.41) is 0.0162. The van der Waals surface area contributed by atoms with E-state index < -0.39 is 9.05 Å². The van der Waals surface area contributed by atoms with Gasteiger partial charge in [0, 0.05) is 10.7 Å². The molecule has 0 radical (unpaired) electrons. The van der Waals surface area contributed by atoms with E-state index in [1.807, 2.05) is 0 Å². The van der Waals surface area contributed by atoms with Crippen LogP contribution in [0.3, 0.4) is 0 Å². The lowest BCUT2D eigenvalue weighted by Crippen LogP contribution is -1.97. The van der Waals surface area contributed by atoms with Gasteiger partial charge in [0.25, 0.3) is 9.05 Å². The summed E-state index contributed by atoms with van der Waals surface area (Å²) in [4.78, 5) is -0.0971. The van der Waals surface area contributed by atoms with Crippen molar-refractivity contribution in [3.8, 4) is 5.75 Å². The number of hydrogen-bond donors (Lipinski definition) is 0. The minimum Gasteiger partial charge on any atom is -0.495 e. The Balaban J connectivity index is 3.57. The summed E-state index contributed by atoms with van der Waals surface area (Å²) in [7, 11) is 2.80. The van der Waals surface area contributed by atoms with Gasteiger partial charge >= 0.3 is 0 Å². The average Bonchev–Trinajstić information content (AvgIpc) is 2.02. The van der Waals surface area contributed by atoms with Crippen molar-refractivity contribution >= 4 is 31.3 Å². The van der Waals surface area contributed by atoms with Crippen LogP contribution in [0.4, 0.5) is 0 Å². The van der Waals surface area contributed by atoms with Crippen LogP contribution in [0.15, 0.2) is 17.0 Å². The first-order valence-corrected chi connectivity index (χ1v) is 6.34. The Hall–Kier alpha value is -0.450. The van der Waals surface area contributed by atoms with Gasteiger partial charge in [-0.1, -0.05) is 17.7 Å². The van der Waals surface area contributed by atoms with Crippen molar-refractivity contribution < 1.29 is 13.2 Å². The van der Waals surface area contributed by atoms with Crippen LogP contribution in [-0.4, -0.2) is 15.5 Å². The molecule has 0 aliphatic heterocycles. The molecule has 0 saturated carbocycles. The molecule has 0 heterocycles. The van der Waals surface area contributed by atoms with Crippen molar-refractivity contribution in [1.82, 2.24) is 0 Å². The summed E-state index contributed by atoms with van der Waals surface area (Å²) in [5.41, 5.74) is 0.491. The molecule has 0 bridgehead atoms. The Morgan fingerprint density at radius 1 is 1.36 bits per heavy atom. The first kappa shape index (κ1) is 11.6. The molecule has 3 nitrogen and oxygen atoms in total. The summed E-state index contributed by atoms with van der Waals surface area (Å²) < 4.78 is 27.2. The standard InChI is InChI=1S/C8H8Cl2O3S/c1-5-3-4-6(13-2)7(9)8(5)14(10,11)12/h3-4H,1-2H3. The summed E-state index contributed by atoms with van der Waals surface area (Å²) in [6.07, 6.45) is 0. The van der Waals surface area contributed by atoms with E-state index >= 15 is 0 Å². The molecule has 0 fully saturated rings. The normalized spacial score (nSPS) is 11.4. The molecule has 0 aliphatic carbocycles. The number of methoxy groups -OCH3 is 1. The molecular weight excluding hydrogens is 247 g/mol. The van der Waals surface area contributed by atoms with Gasteiger partial charge in [0.05, 0.1) is 7.11 Å². The van der Waals surface area contributed by atoms with Gasteiger partial charge < -0.3 is 4.74 Å². The molecule has 0 aromatic heterocycles. The van der Waals surface area contributed by atoms with Crippen LogP contribution >= 0.6 is 22.3 Å². The van der Waals surface area contributed by atoms with Crippen molar-refractivity contribution in [1.29, 1.82) is 0 Å². The van der Waals surface area contributed by atoms with Gasteiger partial charge in [0.1, 0.15) is 15.7 Å². The Morgan fingerprint density at radius 2 is 1.93 bits per heavy atom. The van der Waals surface area contributed by atoms with Crippen LogP contribution < -0.4 is 4.74 Å². The Morgan fingerprint density at radius 3 is 2.36 bits per heavy atom. The molecule has 1 aromatic carbocycles. The highest BCUT2D eigenvalue weighted by Crippen LogP contribution is 2.35. The molecule has 0 aliphatic rings. The molecule has 0 N–H and O–H groups in total. The first-order valence-electron chi connectivity index (χ1n) is 3.65. The van der Waals surface area contributed by atoms with Crippen LogP contribution in [-0.2, 0) is 9.05 Å². The Labute approximate surface area is 92.0 Å². The van der Waals surface area contributed by atoms with Crippen molar-refractivity contribution in [2.75, 3.05) is 7.11 Å². The number of rotatable bonds is 2. The molecule has 0 saturated heterocycles. The average molecular weight is 255 g/mol. The molecule has 0 amide bonds. The van der Waals surface area contributed by atoms with E-state index in [1.165, 1.54) is 7.11 Å². The van der Waals surface area contributed by atoms with Crippen LogP contribution in [0.25, 0.3) is 0 Å². The summed E-state index contributed by atoms with van der Waals surface area (Å²) >= 11 is 5.81. The predicted molar refractivity (Wildman–Crippen MR) is 55.8 cm³/mol. The Bertz CT molecular complexity index is 454. The number of hydrogen-bond acceptors (Lipinski definition) is 3. The van der Waals surface area contributed by atoms with E-state index in [0.29, 0.717) is 5.56 Å². The van der Waals surface area contributed by atoms with E-state index in [2.05, 4.69) is 0 Å². The highest BCUT2D eigenvalue weighted by atomic mass is 35.7. The molecule has 1 aromatic rings. The third kappa shape index (κ3) is 2.13. The van der Waals surface area contributed by atoms with Gasteiger partial charge in [-0.15, -0.1) is 0 Å². The second-order valence-corrected chi connectivity index (χ2v) is 5.55. The molecule has 0 unspecified atom stereocenters. The third-order valence-electron chi connectivity index (χ3n) is 1.72. The zero-order valence-electron chi connectivity index (χ0n) is 7.54. The van der Waals surface area contributed by atoms with E-state index in [4.69, 9.17) is 27.0 Å². The maximum Gasteiger partial charge on any atom is 0.263 e. The third-order valence-corrected chi connectivity index (χ3v) is 3.69. The minimum absolute atomic E-state index is 0.0162. The second kappa shape index (κ2) is 3.96. The van der Waals surface area contributed by atoms with Gasteiger partial charge in [-0.25, -0.2) is 8.42 Å². The SMILES string of the molecule is COc1ccc(C)c(S(=O)(=O)Cl)c1Cl. The van der Waals surface area contributed by atoms with Crippen molar-refractivity contribution in [3.63, 3.8) is 0 Å². The smallest absolute Gasteiger partial charge is 0.263 e. The molecule has 0 atom stereocenters. The molecule has 6 heteroatoms. The quantitative estimate of drug-likeness (QED) is 0.763. The van der Waals surface area contributed by atoms with Crippen LogP contribution in [0.1, 0.15) is 5.56 Å². The number of benzene rings is 1. The van der Waals surface area contributed by atoms with E-state index in [9.17, 15) is 8.42 Å². The number of aryl methyl sites for hydroxylation is 1. The van der Waals surface area contributed by atoms with E-state index in [1.54, 1.807) is 19.1 Å². The maximum absolute atomic E-state index is 11.2. The zero-order chi connectivity index (χ0) is 10.9. The zero-order valence-corrected chi connectivity index (χ0v) is 9.87. The van der Waals surface area contributed by atoms with Crippen LogP contribution in [0.2, 0.25) is 5.02 Å². The van der Waals surface area contributed by atoms with Crippen molar-refractivity contribution in [2.24, 2.45) is 0 Å². The lowest BCUT2D eigenvalue weighted by atomic mass is 10.2. The highest BCUT2D eigenvalue weighted by Gasteiger charge is 2.20. The topological polar surface area (TPSA) is 43.4 Å². The maximum atomic E-state index is 11.2. The van der Waals surface area contributed by atoms with Gasteiger partial charge in [0.2, 0.25) is 0 Å². The largest absolute Gasteiger partial charge is 0.495 e. The van der Waals surface area contributed by atoms with Gasteiger partial charge in [-0.3, -0.25) is 0 Å².